The Kier molecular flexibility index (Phi) is 6.10. The SMILES string of the molecule is Cc1ccccc1-n1c(SCC(=O)N(C)[C@@H]2CCS(=O)(=O)C2)nnc1-c1ccncc1. The molecule has 3 aromatic rings. The quantitative estimate of drug-likeness (QED) is 0.524. The molecular weight excluding hydrogens is 434 g/mol. The number of carbonyl (C=O) groups excluding carboxylic acids is 1. The molecule has 2 aromatic heterocycles. The molecule has 1 saturated heterocycles. The Morgan fingerprint density at radius 1 is 1.19 bits per heavy atom. The van der Waals surface area contributed by atoms with Crippen LogP contribution in [0.4, 0.5) is 0 Å². The number of benzene rings is 1. The van der Waals surface area contributed by atoms with Crippen LogP contribution >= 0.6 is 11.8 Å². The monoisotopic (exact) mass is 457 g/mol. The minimum Gasteiger partial charge on any atom is -0.341 e. The number of thioether (sulfide) groups is 1. The smallest absolute Gasteiger partial charge is 0.233 e. The van der Waals surface area contributed by atoms with Gasteiger partial charge < -0.3 is 4.90 Å². The number of carbonyl (C=O) groups is 1. The summed E-state index contributed by atoms with van der Waals surface area (Å²) in [6, 6.07) is 11.4. The van der Waals surface area contributed by atoms with E-state index in [1.807, 2.05) is 47.9 Å². The maximum atomic E-state index is 12.8. The molecule has 1 amide bonds. The second-order valence-corrected chi connectivity index (χ2v) is 10.7. The van der Waals surface area contributed by atoms with Crippen molar-refractivity contribution in [1.82, 2.24) is 24.6 Å². The zero-order chi connectivity index (χ0) is 22.0. The zero-order valence-electron chi connectivity index (χ0n) is 17.3. The number of pyridine rings is 1. The fraction of sp³-hybridized carbons (Fsp3) is 0.333. The van der Waals surface area contributed by atoms with Crippen LogP contribution in [-0.4, -0.2) is 69.3 Å². The fourth-order valence-corrected chi connectivity index (χ4v) is 6.24. The highest BCUT2D eigenvalue weighted by Crippen LogP contribution is 2.29. The first-order valence-electron chi connectivity index (χ1n) is 9.86. The third kappa shape index (κ3) is 4.64. The summed E-state index contributed by atoms with van der Waals surface area (Å²) in [5.74, 6) is 0.858. The first-order chi connectivity index (χ1) is 14.9. The third-order valence-electron chi connectivity index (χ3n) is 5.40. The van der Waals surface area contributed by atoms with Crippen molar-refractivity contribution in [2.45, 2.75) is 24.5 Å². The van der Waals surface area contributed by atoms with Crippen molar-refractivity contribution in [3.63, 3.8) is 0 Å². The average Bonchev–Trinajstić information content (AvgIpc) is 3.35. The summed E-state index contributed by atoms with van der Waals surface area (Å²) < 4.78 is 25.4. The second kappa shape index (κ2) is 8.80. The van der Waals surface area contributed by atoms with Crippen LogP contribution in [0.1, 0.15) is 12.0 Å². The first kappa shape index (κ1) is 21.5. The molecule has 0 radical (unpaired) electrons. The largest absolute Gasteiger partial charge is 0.341 e. The Hall–Kier alpha value is -2.72. The molecule has 1 atom stereocenters. The maximum Gasteiger partial charge on any atom is 0.233 e. The molecule has 8 nitrogen and oxygen atoms in total. The molecule has 1 aliphatic heterocycles. The number of aromatic nitrogens is 4. The van der Waals surface area contributed by atoms with Gasteiger partial charge in [-0.15, -0.1) is 10.2 Å². The van der Waals surface area contributed by atoms with Crippen molar-refractivity contribution in [2.24, 2.45) is 0 Å². The van der Waals surface area contributed by atoms with E-state index < -0.39 is 9.84 Å². The number of amides is 1. The van der Waals surface area contributed by atoms with Crippen LogP contribution in [0, 0.1) is 6.92 Å². The van der Waals surface area contributed by atoms with E-state index in [0.29, 0.717) is 17.4 Å². The fourth-order valence-electron chi connectivity index (χ4n) is 3.60. The van der Waals surface area contributed by atoms with E-state index in [9.17, 15) is 13.2 Å². The van der Waals surface area contributed by atoms with E-state index in [2.05, 4.69) is 15.2 Å². The molecule has 3 heterocycles. The zero-order valence-corrected chi connectivity index (χ0v) is 18.9. The van der Waals surface area contributed by atoms with Crippen LogP contribution in [0.2, 0.25) is 0 Å². The van der Waals surface area contributed by atoms with Crippen LogP contribution in [0.25, 0.3) is 17.1 Å². The van der Waals surface area contributed by atoms with E-state index in [4.69, 9.17) is 0 Å². The van der Waals surface area contributed by atoms with Gasteiger partial charge in [-0.05, 0) is 37.1 Å². The van der Waals surface area contributed by atoms with Crippen LogP contribution in [0.3, 0.4) is 0 Å². The van der Waals surface area contributed by atoms with Gasteiger partial charge in [0.25, 0.3) is 0 Å². The number of aryl methyl sites for hydroxylation is 1. The number of rotatable bonds is 6. The number of hydrogen-bond acceptors (Lipinski definition) is 7. The van der Waals surface area contributed by atoms with E-state index in [1.54, 1.807) is 24.3 Å². The summed E-state index contributed by atoms with van der Waals surface area (Å²) in [6.07, 6.45) is 3.89. The van der Waals surface area contributed by atoms with Gasteiger partial charge in [-0.3, -0.25) is 14.3 Å². The van der Waals surface area contributed by atoms with Gasteiger partial charge in [0.15, 0.2) is 20.8 Å². The minimum absolute atomic E-state index is 0.0332. The molecule has 10 heteroatoms. The topological polar surface area (TPSA) is 98.1 Å². The van der Waals surface area contributed by atoms with Crippen molar-refractivity contribution in [1.29, 1.82) is 0 Å². The van der Waals surface area contributed by atoms with E-state index >= 15 is 0 Å². The number of sulfone groups is 1. The van der Waals surface area contributed by atoms with Crippen molar-refractivity contribution < 1.29 is 13.2 Å². The molecule has 4 rings (SSSR count). The van der Waals surface area contributed by atoms with Crippen molar-refractivity contribution >= 4 is 27.5 Å². The van der Waals surface area contributed by atoms with Crippen LogP contribution < -0.4 is 0 Å². The molecule has 0 N–H and O–H groups in total. The Morgan fingerprint density at radius 2 is 1.94 bits per heavy atom. The van der Waals surface area contributed by atoms with Crippen LogP contribution in [0.15, 0.2) is 53.9 Å². The molecule has 162 valence electrons. The molecule has 0 unspecified atom stereocenters. The first-order valence-corrected chi connectivity index (χ1v) is 12.7. The van der Waals surface area contributed by atoms with Gasteiger partial charge in [-0.25, -0.2) is 8.42 Å². The van der Waals surface area contributed by atoms with Crippen LogP contribution in [-0.2, 0) is 14.6 Å². The van der Waals surface area contributed by atoms with E-state index in [-0.39, 0.29) is 29.2 Å². The third-order valence-corrected chi connectivity index (χ3v) is 8.07. The lowest BCUT2D eigenvalue weighted by molar-refractivity contribution is -0.128. The lowest BCUT2D eigenvalue weighted by atomic mass is 10.2. The molecule has 1 fully saturated rings. The summed E-state index contributed by atoms with van der Waals surface area (Å²) in [4.78, 5) is 18.4. The molecule has 0 spiro atoms. The van der Waals surface area contributed by atoms with Crippen molar-refractivity contribution in [3.05, 3.63) is 54.4 Å². The molecule has 1 aliphatic rings. The Morgan fingerprint density at radius 3 is 2.61 bits per heavy atom. The highest BCUT2D eigenvalue weighted by molar-refractivity contribution is 7.99. The van der Waals surface area contributed by atoms with Gasteiger partial charge in [-0.1, -0.05) is 30.0 Å². The highest BCUT2D eigenvalue weighted by atomic mass is 32.2. The average molecular weight is 458 g/mol. The van der Waals surface area contributed by atoms with Gasteiger partial charge in [-0.2, -0.15) is 0 Å². The van der Waals surface area contributed by atoms with E-state index in [0.717, 1.165) is 16.8 Å². The van der Waals surface area contributed by atoms with Crippen molar-refractivity contribution in [3.8, 4) is 17.1 Å². The maximum absolute atomic E-state index is 12.8. The summed E-state index contributed by atoms with van der Waals surface area (Å²) in [5.41, 5.74) is 2.86. The molecule has 1 aromatic carbocycles. The summed E-state index contributed by atoms with van der Waals surface area (Å²) in [5, 5.41) is 9.33. The summed E-state index contributed by atoms with van der Waals surface area (Å²) >= 11 is 1.29. The number of para-hydroxylation sites is 1. The van der Waals surface area contributed by atoms with Gasteiger partial charge >= 0.3 is 0 Å². The summed E-state index contributed by atoms with van der Waals surface area (Å²) in [6.45, 7) is 2.01. The van der Waals surface area contributed by atoms with Crippen LogP contribution in [0.5, 0.6) is 0 Å². The standard InChI is InChI=1S/C21H23N5O3S2/c1-15-5-3-4-6-18(15)26-20(16-7-10-22-11-8-16)23-24-21(26)30-13-19(27)25(2)17-9-12-31(28,29)14-17/h3-8,10-11,17H,9,12-14H2,1-2H3/t17-/m1/s1. The Bertz CT molecular complexity index is 1190. The van der Waals surface area contributed by atoms with Gasteiger partial charge in [0.05, 0.1) is 22.9 Å². The van der Waals surface area contributed by atoms with E-state index in [1.165, 1.54) is 11.8 Å². The second-order valence-electron chi connectivity index (χ2n) is 7.51. The lowest BCUT2D eigenvalue weighted by Crippen LogP contribution is -2.38. The minimum atomic E-state index is -3.05. The predicted octanol–water partition coefficient (Wildman–Crippen LogP) is 2.38. The molecule has 0 aliphatic carbocycles. The normalized spacial score (nSPS) is 17.5. The summed E-state index contributed by atoms with van der Waals surface area (Å²) in [7, 11) is -1.38. The number of hydrogen-bond donors (Lipinski definition) is 0. The molecule has 0 bridgehead atoms. The van der Waals surface area contributed by atoms with Gasteiger partial charge in [0.2, 0.25) is 5.91 Å². The molecule has 31 heavy (non-hydrogen) atoms. The lowest BCUT2D eigenvalue weighted by Gasteiger charge is -2.23. The Balaban J connectivity index is 1.60. The van der Waals surface area contributed by atoms with Gasteiger partial charge in [0, 0.05) is 31.0 Å². The van der Waals surface area contributed by atoms with Crippen molar-refractivity contribution in [2.75, 3.05) is 24.3 Å². The molecular formula is C21H23N5O3S2. The van der Waals surface area contributed by atoms with Gasteiger partial charge in [0.1, 0.15) is 0 Å². The molecule has 0 saturated carbocycles. The predicted molar refractivity (Wildman–Crippen MR) is 120 cm³/mol. The highest BCUT2D eigenvalue weighted by Gasteiger charge is 2.32. The Labute approximate surface area is 185 Å². The number of nitrogens with zero attached hydrogens (tertiary/aromatic N) is 5.